The van der Waals surface area contributed by atoms with Gasteiger partial charge in [0.15, 0.2) is 0 Å². The Morgan fingerprint density at radius 2 is 2.53 bits per heavy atom. The number of likely N-dealkylation sites (tertiary alicyclic amines) is 1. The summed E-state index contributed by atoms with van der Waals surface area (Å²) in [6, 6.07) is 3.94. The van der Waals surface area contributed by atoms with E-state index in [-0.39, 0.29) is 18.6 Å². The zero-order chi connectivity index (χ0) is 13.7. The van der Waals surface area contributed by atoms with E-state index in [9.17, 15) is 9.90 Å². The predicted octanol–water partition coefficient (Wildman–Crippen LogP) is 1.41. The van der Waals surface area contributed by atoms with Gasteiger partial charge in [-0.25, -0.2) is 0 Å². The van der Waals surface area contributed by atoms with Gasteiger partial charge in [-0.3, -0.25) is 9.69 Å². The van der Waals surface area contributed by atoms with Crippen LogP contribution in [0.5, 0.6) is 0 Å². The van der Waals surface area contributed by atoms with E-state index in [1.807, 2.05) is 6.07 Å². The number of hydrogen-bond donors (Lipinski definition) is 2. The van der Waals surface area contributed by atoms with E-state index in [0.29, 0.717) is 23.5 Å². The Balaban J connectivity index is 1.81. The number of hydrogen-bond acceptors (Lipinski definition) is 5. The standard InChI is InChI=1S/C13H17N3O2S/c14-8-10-4-7-19-13(10)15-12(18)3-6-16-5-1-2-11(16)9-17/h4,7,11,17H,1-3,5-6,9H2,(H,15,18). The average molecular weight is 279 g/mol. The van der Waals surface area contributed by atoms with Gasteiger partial charge in [0.05, 0.1) is 12.2 Å². The van der Waals surface area contributed by atoms with Crippen molar-refractivity contribution in [2.24, 2.45) is 0 Å². The molecule has 0 bridgehead atoms. The van der Waals surface area contributed by atoms with Crippen LogP contribution in [0.1, 0.15) is 24.8 Å². The van der Waals surface area contributed by atoms with Crippen molar-refractivity contribution < 1.29 is 9.90 Å². The molecule has 0 aromatic carbocycles. The lowest BCUT2D eigenvalue weighted by Crippen LogP contribution is -2.34. The molecule has 1 aliphatic rings. The van der Waals surface area contributed by atoms with Gasteiger partial charge in [-0.1, -0.05) is 0 Å². The van der Waals surface area contributed by atoms with Gasteiger partial charge in [-0.15, -0.1) is 11.3 Å². The summed E-state index contributed by atoms with van der Waals surface area (Å²) >= 11 is 1.36. The monoisotopic (exact) mass is 279 g/mol. The molecule has 1 fully saturated rings. The van der Waals surface area contributed by atoms with Gasteiger partial charge in [0.1, 0.15) is 11.1 Å². The first-order valence-electron chi connectivity index (χ1n) is 6.37. The number of carbonyl (C=O) groups excluding carboxylic acids is 1. The highest BCUT2D eigenvalue weighted by Gasteiger charge is 2.23. The van der Waals surface area contributed by atoms with Crippen molar-refractivity contribution in [1.29, 1.82) is 5.26 Å². The fourth-order valence-corrected chi connectivity index (χ4v) is 3.08. The Morgan fingerprint density at radius 3 is 3.26 bits per heavy atom. The van der Waals surface area contributed by atoms with Gasteiger partial charge in [-0.2, -0.15) is 5.26 Å². The minimum absolute atomic E-state index is 0.0810. The zero-order valence-electron chi connectivity index (χ0n) is 10.6. The van der Waals surface area contributed by atoms with E-state index in [2.05, 4.69) is 10.2 Å². The Morgan fingerprint density at radius 1 is 1.68 bits per heavy atom. The van der Waals surface area contributed by atoms with Crippen LogP contribution in [0.2, 0.25) is 0 Å². The zero-order valence-corrected chi connectivity index (χ0v) is 11.4. The van der Waals surface area contributed by atoms with Gasteiger partial charge in [-0.05, 0) is 30.8 Å². The molecule has 0 spiro atoms. The number of nitriles is 1. The number of anilines is 1. The molecule has 0 saturated carbocycles. The lowest BCUT2D eigenvalue weighted by atomic mass is 10.2. The summed E-state index contributed by atoms with van der Waals surface area (Å²) in [7, 11) is 0. The smallest absolute Gasteiger partial charge is 0.226 e. The van der Waals surface area contributed by atoms with Gasteiger partial charge in [0.2, 0.25) is 5.91 Å². The molecule has 1 atom stereocenters. The molecule has 0 aliphatic carbocycles. The second kappa shape index (κ2) is 6.66. The first kappa shape index (κ1) is 14.0. The first-order valence-corrected chi connectivity index (χ1v) is 7.25. The fourth-order valence-electron chi connectivity index (χ4n) is 2.32. The summed E-state index contributed by atoms with van der Waals surface area (Å²) in [4.78, 5) is 14.0. The maximum Gasteiger partial charge on any atom is 0.226 e. The average Bonchev–Trinajstić information content (AvgIpc) is 3.04. The fraction of sp³-hybridized carbons (Fsp3) is 0.538. The van der Waals surface area contributed by atoms with Crippen LogP contribution in [0.25, 0.3) is 0 Å². The molecule has 1 aromatic rings. The molecule has 5 nitrogen and oxygen atoms in total. The summed E-state index contributed by atoms with van der Waals surface area (Å²) in [6.07, 6.45) is 2.47. The van der Waals surface area contributed by atoms with E-state index in [1.165, 1.54) is 11.3 Å². The highest BCUT2D eigenvalue weighted by molar-refractivity contribution is 7.14. The van der Waals surface area contributed by atoms with Crippen molar-refractivity contribution in [2.75, 3.05) is 25.0 Å². The number of aliphatic hydroxyl groups excluding tert-OH is 1. The second-order valence-electron chi connectivity index (χ2n) is 4.59. The molecule has 102 valence electrons. The Labute approximate surface area is 116 Å². The SMILES string of the molecule is N#Cc1ccsc1NC(=O)CCN1CCCC1CO. The summed E-state index contributed by atoms with van der Waals surface area (Å²) in [5.74, 6) is -0.0810. The Hall–Kier alpha value is -1.42. The third-order valence-electron chi connectivity index (χ3n) is 3.37. The van der Waals surface area contributed by atoms with E-state index < -0.39 is 0 Å². The number of rotatable bonds is 5. The lowest BCUT2D eigenvalue weighted by molar-refractivity contribution is -0.116. The molecule has 19 heavy (non-hydrogen) atoms. The van der Waals surface area contributed by atoms with Crippen LogP contribution < -0.4 is 5.32 Å². The van der Waals surface area contributed by atoms with Crippen molar-refractivity contribution in [3.63, 3.8) is 0 Å². The van der Waals surface area contributed by atoms with Crippen LogP contribution in [0, 0.1) is 11.3 Å². The number of nitrogens with zero attached hydrogens (tertiary/aromatic N) is 2. The van der Waals surface area contributed by atoms with Gasteiger partial charge < -0.3 is 10.4 Å². The van der Waals surface area contributed by atoms with Crippen LogP contribution in [0.15, 0.2) is 11.4 Å². The Kier molecular flexibility index (Phi) is 4.91. The van der Waals surface area contributed by atoms with Crippen LogP contribution in [0.3, 0.4) is 0 Å². The maximum atomic E-state index is 11.8. The number of aliphatic hydroxyl groups is 1. The quantitative estimate of drug-likeness (QED) is 0.854. The Bertz CT molecular complexity index is 480. The van der Waals surface area contributed by atoms with Crippen LogP contribution in [0.4, 0.5) is 5.00 Å². The largest absolute Gasteiger partial charge is 0.395 e. The first-order chi connectivity index (χ1) is 9.24. The second-order valence-corrected chi connectivity index (χ2v) is 5.50. The molecular formula is C13H17N3O2S. The number of thiophene rings is 1. The molecule has 1 aliphatic heterocycles. The minimum Gasteiger partial charge on any atom is -0.395 e. The maximum absolute atomic E-state index is 11.8. The summed E-state index contributed by atoms with van der Waals surface area (Å²) < 4.78 is 0. The van der Waals surface area contributed by atoms with E-state index in [1.54, 1.807) is 11.4 Å². The molecule has 2 rings (SSSR count). The van der Waals surface area contributed by atoms with Crippen LogP contribution >= 0.6 is 11.3 Å². The summed E-state index contributed by atoms with van der Waals surface area (Å²) in [5, 5.41) is 23.2. The van der Waals surface area contributed by atoms with E-state index in [0.717, 1.165) is 19.4 Å². The highest BCUT2D eigenvalue weighted by atomic mass is 32.1. The van der Waals surface area contributed by atoms with Gasteiger partial charge >= 0.3 is 0 Å². The van der Waals surface area contributed by atoms with Crippen molar-refractivity contribution in [1.82, 2.24) is 4.90 Å². The van der Waals surface area contributed by atoms with Crippen molar-refractivity contribution in [3.8, 4) is 6.07 Å². The molecule has 1 amide bonds. The summed E-state index contributed by atoms with van der Waals surface area (Å²) in [6.45, 7) is 1.76. The molecule has 1 unspecified atom stereocenters. The van der Waals surface area contributed by atoms with Crippen LogP contribution in [-0.4, -0.2) is 41.7 Å². The normalized spacial score (nSPS) is 19.3. The molecular weight excluding hydrogens is 262 g/mol. The predicted molar refractivity (Wildman–Crippen MR) is 74.0 cm³/mol. The lowest BCUT2D eigenvalue weighted by Gasteiger charge is -2.21. The summed E-state index contributed by atoms with van der Waals surface area (Å²) in [5.41, 5.74) is 0.507. The number of amides is 1. The van der Waals surface area contributed by atoms with Gasteiger partial charge in [0, 0.05) is 19.0 Å². The highest BCUT2D eigenvalue weighted by Crippen LogP contribution is 2.22. The topological polar surface area (TPSA) is 76.4 Å². The number of nitrogens with one attached hydrogen (secondary N) is 1. The van der Waals surface area contributed by atoms with Crippen LogP contribution in [-0.2, 0) is 4.79 Å². The van der Waals surface area contributed by atoms with E-state index in [4.69, 9.17) is 5.26 Å². The number of carbonyl (C=O) groups is 1. The van der Waals surface area contributed by atoms with E-state index >= 15 is 0 Å². The van der Waals surface area contributed by atoms with Crippen molar-refractivity contribution >= 4 is 22.2 Å². The molecule has 0 radical (unpaired) electrons. The molecule has 2 N–H and O–H groups in total. The van der Waals surface area contributed by atoms with Crippen molar-refractivity contribution in [3.05, 3.63) is 17.0 Å². The third kappa shape index (κ3) is 3.53. The molecule has 1 aromatic heterocycles. The third-order valence-corrected chi connectivity index (χ3v) is 4.20. The molecule has 6 heteroatoms. The van der Waals surface area contributed by atoms with Gasteiger partial charge in [0.25, 0.3) is 0 Å². The van der Waals surface area contributed by atoms with Crippen molar-refractivity contribution in [2.45, 2.75) is 25.3 Å². The molecule has 2 heterocycles. The minimum atomic E-state index is -0.0810. The molecule has 1 saturated heterocycles.